The summed E-state index contributed by atoms with van der Waals surface area (Å²) < 4.78 is 11.4. The molecule has 1 heterocycles. The lowest BCUT2D eigenvalue weighted by Crippen LogP contribution is -2.00. The summed E-state index contributed by atoms with van der Waals surface area (Å²) >= 11 is 1.44. The molecule has 0 radical (unpaired) electrons. The van der Waals surface area contributed by atoms with Crippen LogP contribution in [0, 0.1) is 0 Å². The van der Waals surface area contributed by atoms with Gasteiger partial charge in [-0.25, -0.2) is 0 Å². The Morgan fingerprint density at radius 2 is 1.89 bits per heavy atom. The lowest BCUT2D eigenvalue weighted by atomic mass is 10.0. The molecule has 0 aliphatic heterocycles. The van der Waals surface area contributed by atoms with Crippen molar-refractivity contribution in [2.45, 2.75) is 26.4 Å². The van der Waals surface area contributed by atoms with Crippen LogP contribution >= 0.6 is 11.3 Å². The predicted octanol–water partition coefficient (Wildman–Crippen LogP) is 6.36. The smallest absolute Gasteiger partial charge is 0.195 e. The fourth-order valence-electron chi connectivity index (χ4n) is 2.80. The van der Waals surface area contributed by atoms with Crippen LogP contribution in [0.2, 0.25) is 0 Å². The number of allylic oxidation sites excluding steroid dienone is 1. The highest BCUT2D eigenvalue weighted by atomic mass is 32.1. The molecule has 3 rings (SSSR count). The third-order valence-corrected chi connectivity index (χ3v) is 5.32. The second-order valence-electron chi connectivity index (χ2n) is 6.76. The van der Waals surface area contributed by atoms with Gasteiger partial charge in [0.05, 0.1) is 12.0 Å². The van der Waals surface area contributed by atoms with E-state index in [9.17, 15) is 4.79 Å². The molecule has 28 heavy (non-hydrogen) atoms. The molecule has 0 atom stereocenters. The quantitative estimate of drug-likeness (QED) is 0.331. The van der Waals surface area contributed by atoms with Gasteiger partial charge < -0.3 is 9.47 Å². The third-order valence-electron chi connectivity index (χ3n) is 4.44. The first kappa shape index (κ1) is 19.9. The van der Waals surface area contributed by atoms with E-state index >= 15 is 0 Å². The average molecular weight is 393 g/mol. The Morgan fingerprint density at radius 1 is 1.11 bits per heavy atom. The van der Waals surface area contributed by atoms with Crippen molar-refractivity contribution in [3.8, 4) is 11.5 Å². The molecule has 0 unspecified atom stereocenters. The molecule has 0 N–H and O–H groups in total. The normalized spacial score (nSPS) is 11.1. The van der Waals surface area contributed by atoms with Gasteiger partial charge in [0.1, 0.15) is 18.1 Å². The van der Waals surface area contributed by atoms with Gasteiger partial charge in [-0.15, -0.1) is 11.3 Å². The number of methoxy groups -OCH3 is 1. The summed E-state index contributed by atoms with van der Waals surface area (Å²) in [4.78, 5) is 12.9. The van der Waals surface area contributed by atoms with Gasteiger partial charge in [-0.1, -0.05) is 44.2 Å². The Hall–Kier alpha value is -2.85. The fourth-order valence-corrected chi connectivity index (χ4v) is 3.44. The van der Waals surface area contributed by atoms with Gasteiger partial charge in [0.25, 0.3) is 0 Å². The Kier molecular flexibility index (Phi) is 6.66. The number of ketones is 1. The van der Waals surface area contributed by atoms with E-state index in [1.807, 2.05) is 53.9 Å². The van der Waals surface area contributed by atoms with Crippen molar-refractivity contribution >= 4 is 23.2 Å². The minimum absolute atomic E-state index is 0.00820. The zero-order valence-electron chi connectivity index (χ0n) is 16.3. The van der Waals surface area contributed by atoms with E-state index in [1.165, 1.54) is 16.9 Å². The molecule has 0 bridgehead atoms. The molecule has 0 saturated carbocycles. The van der Waals surface area contributed by atoms with Gasteiger partial charge in [-0.3, -0.25) is 4.79 Å². The van der Waals surface area contributed by atoms with Crippen LogP contribution in [0.15, 0.2) is 66.1 Å². The van der Waals surface area contributed by atoms with E-state index in [0.717, 1.165) is 27.5 Å². The lowest BCUT2D eigenvalue weighted by molar-refractivity contribution is 0.105. The standard InChI is InChI=1S/C24H24O3S/c1-17(2)19-8-10-21(11-9-19)27-16-20-15-18(7-13-23(20)26-3)6-12-22(25)24-5-4-14-28-24/h4-15,17H,16H2,1-3H3/b12-6+. The Bertz CT molecular complexity index is 938. The van der Waals surface area contributed by atoms with Gasteiger partial charge in [0.2, 0.25) is 0 Å². The highest BCUT2D eigenvalue weighted by Gasteiger charge is 2.07. The summed E-state index contributed by atoms with van der Waals surface area (Å²) in [5.41, 5.74) is 3.15. The van der Waals surface area contributed by atoms with E-state index in [1.54, 1.807) is 13.2 Å². The van der Waals surface area contributed by atoms with E-state index in [0.29, 0.717) is 12.5 Å². The first-order valence-electron chi connectivity index (χ1n) is 9.22. The molecule has 0 fully saturated rings. The van der Waals surface area contributed by atoms with E-state index in [-0.39, 0.29) is 5.78 Å². The van der Waals surface area contributed by atoms with E-state index < -0.39 is 0 Å². The maximum Gasteiger partial charge on any atom is 0.195 e. The summed E-state index contributed by atoms with van der Waals surface area (Å²) in [5.74, 6) is 2.09. The molecule has 0 aliphatic carbocycles. The second kappa shape index (κ2) is 9.38. The van der Waals surface area contributed by atoms with Crippen LogP contribution in [0.3, 0.4) is 0 Å². The minimum Gasteiger partial charge on any atom is -0.496 e. The first-order valence-corrected chi connectivity index (χ1v) is 10.1. The van der Waals surface area contributed by atoms with Crippen LogP contribution in [0.1, 0.15) is 46.1 Å². The number of thiophene rings is 1. The van der Waals surface area contributed by atoms with E-state index in [4.69, 9.17) is 9.47 Å². The summed E-state index contributed by atoms with van der Waals surface area (Å²) in [6, 6.07) is 17.7. The van der Waals surface area contributed by atoms with E-state index in [2.05, 4.69) is 26.0 Å². The topological polar surface area (TPSA) is 35.5 Å². The molecular weight excluding hydrogens is 368 g/mol. The second-order valence-corrected chi connectivity index (χ2v) is 7.71. The molecule has 144 valence electrons. The van der Waals surface area contributed by atoms with Gasteiger partial charge in [0, 0.05) is 5.56 Å². The number of carbonyl (C=O) groups is 1. The monoisotopic (exact) mass is 392 g/mol. The van der Waals surface area contributed by atoms with Gasteiger partial charge in [-0.05, 0) is 58.8 Å². The summed E-state index contributed by atoms with van der Waals surface area (Å²) in [5, 5.41) is 1.90. The van der Waals surface area contributed by atoms with Crippen molar-refractivity contribution in [3.05, 3.63) is 87.6 Å². The van der Waals surface area contributed by atoms with Crippen molar-refractivity contribution < 1.29 is 14.3 Å². The van der Waals surface area contributed by atoms with Crippen molar-refractivity contribution in [1.82, 2.24) is 0 Å². The molecule has 0 saturated heterocycles. The molecule has 4 heteroatoms. The molecule has 0 amide bonds. The average Bonchev–Trinajstić information content (AvgIpc) is 3.26. The molecule has 3 nitrogen and oxygen atoms in total. The highest BCUT2D eigenvalue weighted by Crippen LogP contribution is 2.24. The largest absolute Gasteiger partial charge is 0.496 e. The van der Waals surface area contributed by atoms with Crippen LogP contribution in [0.4, 0.5) is 0 Å². The SMILES string of the molecule is COc1ccc(/C=C/C(=O)c2cccs2)cc1COc1ccc(C(C)C)cc1. The van der Waals surface area contributed by atoms with Gasteiger partial charge in [-0.2, -0.15) is 0 Å². The highest BCUT2D eigenvalue weighted by molar-refractivity contribution is 7.12. The zero-order valence-corrected chi connectivity index (χ0v) is 17.2. The molecule has 0 spiro atoms. The molecule has 3 aromatic rings. The Morgan fingerprint density at radius 3 is 2.54 bits per heavy atom. The van der Waals surface area contributed by atoms with Crippen LogP contribution in [-0.2, 0) is 6.61 Å². The summed E-state index contributed by atoms with van der Waals surface area (Å²) in [7, 11) is 1.64. The third kappa shape index (κ3) is 5.11. The van der Waals surface area contributed by atoms with Gasteiger partial charge >= 0.3 is 0 Å². The van der Waals surface area contributed by atoms with Crippen LogP contribution in [0.5, 0.6) is 11.5 Å². The van der Waals surface area contributed by atoms with Gasteiger partial charge in [0.15, 0.2) is 5.78 Å². The Balaban J connectivity index is 1.71. The van der Waals surface area contributed by atoms with Crippen LogP contribution in [-0.4, -0.2) is 12.9 Å². The van der Waals surface area contributed by atoms with Crippen molar-refractivity contribution in [1.29, 1.82) is 0 Å². The molecule has 2 aromatic carbocycles. The maximum atomic E-state index is 12.1. The number of benzene rings is 2. The number of ether oxygens (including phenoxy) is 2. The molecule has 1 aromatic heterocycles. The Labute approximate surface area is 170 Å². The number of rotatable bonds is 8. The predicted molar refractivity (Wildman–Crippen MR) is 116 cm³/mol. The fraction of sp³-hybridized carbons (Fsp3) is 0.208. The molecule has 0 aliphatic rings. The van der Waals surface area contributed by atoms with Crippen molar-refractivity contribution in [3.63, 3.8) is 0 Å². The maximum absolute atomic E-state index is 12.1. The first-order chi connectivity index (χ1) is 13.6. The summed E-state index contributed by atoms with van der Waals surface area (Å²) in [6.45, 7) is 4.73. The zero-order chi connectivity index (χ0) is 19.9. The molecular formula is C24H24O3S. The number of hydrogen-bond donors (Lipinski definition) is 0. The number of carbonyl (C=O) groups excluding carboxylic acids is 1. The van der Waals surface area contributed by atoms with Crippen LogP contribution in [0.25, 0.3) is 6.08 Å². The number of hydrogen-bond acceptors (Lipinski definition) is 4. The van der Waals surface area contributed by atoms with Crippen molar-refractivity contribution in [2.24, 2.45) is 0 Å². The minimum atomic E-state index is 0.00820. The summed E-state index contributed by atoms with van der Waals surface area (Å²) in [6.07, 6.45) is 3.42. The lowest BCUT2D eigenvalue weighted by Gasteiger charge is -2.12. The van der Waals surface area contributed by atoms with Crippen molar-refractivity contribution in [2.75, 3.05) is 7.11 Å². The van der Waals surface area contributed by atoms with Crippen LogP contribution < -0.4 is 9.47 Å².